The number of halogens is 2. The third kappa shape index (κ3) is 1.15. The molecule has 2 aliphatic rings. The first-order valence-electron chi connectivity index (χ1n) is 3.17. The standard InChI is InChI=1S/C7H5FIN2/c8-5-1-2-7-6(9)3-10-11(7)4-5/h1-4,7H/q+1. The third-order valence-corrected chi connectivity index (χ3v) is 2.49. The van der Waals surface area contributed by atoms with Crippen molar-refractivity contribution in [3.63, 3.8) is 0 Å². The molecule has 1 atom stereocenters. The van der Waals surface area contributed by atoms with Crippen molar-refractivity contribution in [2.24, 2.45) is 5.11 Å². The number of fused-ring (bicyclic) bond motifs is 1. The van der Waals surface area contributed by atoms with Crippen LogP contribution < -0.4 is 0 Å². The maximum Gasteiger partial charge on any atom is 0.235 e. The van der Waals surface area contributed by atoms with Crippen LogP contribution in [0.5, 0.6) is 0 Å². The quantitative estimate of drug-likeness (QED) is 0.471. The van der Waals surface area contributed by atoms with Crippen molar-refractivity contribution in [3.05, 3.63) is 34.0 Å². The fourth-order valence-corrected chi connectivity index (χ4v) is 1.66. The lowest BCUT2D eigenvalue weighted by Crippen LogP contribution is -2.17. The highest BCUT2D eigenvalue weighted by Gasteiger charge is 2.29. The summed E-state index contributed by atoms with van der Waals surface area (Å²) in [5.74, 6) is -0.246. The van der Waals surface area contributed by atoms with Crippen LogP contribution >= 0.6 is 22.6 Å². The van der Waals surface area contributed by atoms with Gasteiger partial charge >= 0.3 is 0 Å². The first-order chi connectivity index (χ1) is 5.27. The molecule has 0 aromatic carbocycles. The van der Waals surface area contributed by atoms with Crippen LogP contribution in [-0.4, -0.2) is 10.7 Å². The SMILES string of the molecule is FC1=C[N+]2=NC=C(I)C2C=C1. The lowest BCUT2D eigenvalue weighted by atomic mass is 10.2. The summed E-state index contributed by atoms with van der Waals surface area (Å²) in [5, 5.41) is 3.99. The minimum atomic E-state index is -0.246. The minimum Gasteiger partial charge on any atom is -0.200 e. The molecule has 2 nitrogen and oxygen atoms in total. The molecule has 0 saturated heterocycles. The van der Waals surface area contributed by atoms with Crippen LogP contribution in [0.4, 0.5) is 4.39 Å². The van der Waals surface area contributed by atoms with Gasteiger partial charge in [-0.25, -0.2) is 4.39 Å². The molecule has 11 heavy (non-hydrogen) atoms. The van der Waals surface area contributed by atoms with Crippen LogP contribution in [0.3, 0.4) is 0 Å². The lowest BCUT2D eigenvalue weighted by Gasteiger charge is -2.02. The van der Waals surface area contributed by atoms with Gasteiger partial charge in [-0.15, -0.1) is 0 Å². The Morgan fingerprint density at radius 3 is 3.27 bits per heavy atom. The maximum atomic E-state index is 12.6. The van der Waals surface area contributed by atoms with Crippen molar-refractivity contribution >= 4 is 22.6 Å². The summed E-state index contributed by atoms with van der Waals surface area (Å²) in [4.78, 5) is 0. The van der Waals surface area contributed by atoms with Crippen molar-refractivity contribution in [1.29, 1.82) is 0 Å². The Labute approximate surface area is 76.9 Å². The van der Waals surface area contributed by atoms with Gasteiger partial charge in [0.15, 0.2) is 5.83 Å². The predicted molar refractivity (Wildman–Crippen MR) is 46.9 cm³/mol. The van der Waals surface area contributed by atoms with Crippen molar-refractivity contribution in [2.75, 3.05) is 0 Å². The molecule has 2 rings (SSSR count). The predicted octanol–water partition coefficient (Wildman–Crippen LogP) is 2.49. The first-order valence-corrected chi connectivity index (χ1v) is 4.25. The van der Waals surface area contributed by atoms with Crippen LogP contribution in [-0.2, 0) is 0 Å². The van der Waals surface area contributed by atoms with Crippen LogP contribution in [0.25, 0.3) is 0 Å². The zero-order valence-corrected chi connectivity index (χ0v) is 7.69. The molecule has 0 N–H and O–H groups in total. The second kappa shape index (κ2) is 2.51. The van der Waals surface area contributed by atoms with E-state index >= 15 is 0 Å². The van der Waals surface area contributed by atoms with E-state index in [0.717, 1.165) is 3.58 Å². The Bertz CT molecular complexity index is 314. The van der Waals surface area contributed by atoms with E-state index in [1.165, 1.54) is 12.3 Å². The molecular formula is C7H5FIN2+. The van der Waals surface area contributed by atoms with Gasteiger partial charge < -0.3 is 0 Å². The number of hydrogen-bond donors (Lipinski definition) is 0. The number of allylic oxidation sites excluding steroid dienone is 2. The zero-order valence-electron chi connectivity index (χ0n) is 5.54. The number of rotatable bonds is 0. The van der Waals surface area contributed by atoms with Crippen molar-refractivity contribution in [2.45, 2.75) is 6.04 Å². The van der Waals surface area contributed by atoms with Crippen LogP contribution in [0.15, 0.2) is 39.1 Å². The molecule has 2 aliphatic heterocycles. The normalized spacial score (nSPS) is 27.5. The zero-order chi connectivity index (χ0) is 7.84. The van der Waals surface area contributed by atoms with E-state index in [1.807, 2.05) is 0 Å². The highest BCUT2D eigenvalue weighted by Crippen LogP contribution is 2.26. The first kappa shape index (κ1) is 7.15. The van der Waals surface area contributed by atoms with Gasteiger partial charge in [0.05, 0.1) is 3.58 Å². The molecule has 0 bridgehead atoms. The smallest absolute Gasteiger partial charge is 0.200 e. The van der Waals surface area contributed by atoms with Crippen LogP contribution in [0.2, 0.25) is 0 Å². The van der Waals surface area contributed by atoms with Gasteiger partial charge in [0.2, 0.25) is 12.2 Å². The molecule has 0 fully saturated rings. The molecule has 0 radical (unpaired) electrons. The van der Waals surface area contributed by atoms with Gasteiger partial charge in [-0.05, 0) is 39.9 Å². The Morgan fingerprint density at radius 1 is 1.64 bits per heavy atom. The molecule has 0 saturated carbocycles. The molecule has 1 unspecified atom stereocenters. The van der Waals surface area contributed by atoms with Gasteiger partial charge in [0, 0.05) is 0 Å². The molecule has 2 heterocycles. The Hall–Kier alpha value is -0.520. The Morgan fingerprint density at radius 2 is 2.45 bits per heavy atom. The van der Waals surface area contributed by atoms with Crippen molar-refractivity contribution in [1.82, 2.24) is 0 Å². The molecule has 0 aliphatic carbocycles. The molecule has 0 spiro atoms. The average Bonchev–Trinajstić information content (AvgIpc) is 2.32. The van der Waals surface area contributed by atoms with Crippen LogP contribution in [0, 0.1) is 0 Å². The summed E-state index contributed by atoms with van der Waals surface area (Å²) in [6, 6.07) is 0.134. The maximum absolute atomic E-state index is 12.6. The topological polar surface area (TPSA) is 15.4 Å². The Kier molecular flexibility index (Phi) is 1.63. The largest absolute Gasteiger partial charge is 0.235 e. The lowest BCUT2D eigenvalue weighted by molar-refractivity contribution is -0.537. The fraction of sp³-hybridized carbons (Fsp3) is 0.143. The number of hydrogen-bond acceptors (Lipinski definition) is 1. The molecule has 0 aromatic rings. The summed E-state index contributed by atoms with van der Waals surface area (Å²) < 4.78 is 15.3. The van der Waals surface area contributed by atoms with Gasteiger partial charge in [-0.1, -0.05) is 4.70 Å². The summed E-state index contributed by atoms with van der Waals surface area (Å²) in [6.45, 7) is 0. The summed E-state index contributed by atoms with van der Waals surface area (Å²) in [5.41, 5.74) is 0. The van der Waals surface area contributed by atoms with E-state index in [9.17, 15) is 4.39 Å². The van der Waals surface area contributed by atoms with Gasteiger partial charge in [0.25, 0.3) is 0 Å². The van der Waals surface area contributed by atoms with Crippen molar-refractivity contribution < 1.29 is 9.09 Å². The second-order valence-electron chi connectivity index (χ2n) is 2.33. The number of nitrogens with zero attached hydrogens (tertiary/aromatic N) is 2. The molecule has 0 aromatic heterocycles. The van der Waals surface area contributed by atoms with E-state index in [-0.39, 0.29) is 11.9 Å². The van der Waals surface area contributed by atoms with E-state index in [4.69, 9.17) is 0 Å². The highest BCUT2D eigenvalue weighted by atomic mass is 127. The molecular weight excluding hydrogens is 258 g/mol. The number of azo groups is 2. The molecule has 0 amide bonds. The van der Waals surface area contributed by atoms with Crippen molar-refractivity contribution in [3.8, 4) is 0 Å². The third-order valence-electron chi connectivity index (χ3n) is 1.58. The minimum absolute atomic E-state index is 0.134. The molecule has 4 heteroatoms. The molecule has 56 valence electrons. The van der Waals surface area contributed by atoms with Crippen LogP contribution in [0.1, 0.15) is 0 Å². The summed E-state index contributed by atoms with van der Waals surface area (Å²) >= 11 is 2.20. The average molecular weight is 263 g/mol. The van der Waals surface area contributed by atoms with Gasteiger partial charge in [0.1, 0.15) is 6.20 Å². The Balaban J connectivity index is 2.38. The van der Waals surface area contributed by atoms with E-state index < -0.39 is 0 Å². The highest BCUT2D eigenvalue weighted by molar-refractivity contribution is 14.1. The van der Waals surface area contributed by atoms with E-state index in [2.05, 4.69) is 27.7 Å². The van der Waals surface area contributed by atoms with E-state index in [1.54, 1.807) is 17.0 Å². The monoisotopic (exact) mass is 263 g/mol. The fourth-order valence-electron chi connectivity index (χ4n) is 1.04. The van der Waals surface area contributed by atoms with Gasteiger partial charge in [-0.3, -0.25) is 0 Å². The second-order valence-corrected chi connectivity index (χ2v) is 3.57. The summed E-state index contributed by atoms with van der Waals surface area (Å²) in [7, 11) is 0. The van der Waals surface area contributed by atoms with Gasteiger partial charge in [-0.2, -0.15) is 0 Å². The summed E-state index contributed by atoms with van der Waals surface area (Å²) in [6.07, 6.45) is 6.40. The van der Waals surface area contributed by atoms with E-state index in [0.29, 0.717) is 0 Å².